The standard InChI is InChI=1S/C11H15NO2/c1-7(2)9-6-8(11(13)14)4-5-10(9)12-3/h4-7,12H,1-3H3,(H,13,14). The molecule has 0 fully saturated rings. The van der Waals surface area contributed by atoms with Gasteiger partial charge < -0.3 is 10.4 Å². The summed E-state index contributed by atoms with van der Waals surface area (Å²) in [7, 11) is 1.83. The lowest BCUT2D eigenvalue weighted by molar-refractivity contribution is 0.0697. The predicted molar refractivity (Wildman–Crippen MR) is 57.0 cm³/mol. The van der Waals surface area contributed by atoms with Crippen molar-refractivity contribution in [2.24, 2.45) is 0 Å². The van der Waals surface area contributed by atoms with Crippen LogP contribution in [-0.4, -0.2) is 18.1 Å². The maximum Gasteiger partial charge on any atom is 0.335 e. The molecule has 76 valence electrons. The zero-order chi connectivity index (χ0) is 10.7. The minimum atomic E-state index is -0.880. The van der Waals surface area contributed by atoms with Crippen LogP contribution < -0.4 is 5.32 Å². The Bertz CT molecular complexity index is 345. The van der Waals surface area contributed by atoms with Crippen LogP contribution in [0.2, 0.25) is 0 Å². The van der Waals surface area contributed by atoms with Crippen LogP contribution in [0.25, 0.3) is 0 Å². The largest absolute Gasteiger partial charge is 0.478 e. The van der Waals surface area contributed by atoms with Crippen molar-refractivity contribution in [1.29, 1.82) is 0 Å². The Morgan fingerprint density at radius 2 is 2.07 bits per heavy atom. The fourth-order valence-electron chi connectivity index (χ4n) is 1.40. The summed E-state index contributed by atoms with van der Waals surface area (Å²) in [5.74, 6) is -0.564. The quantitative estimate of drug-likeness (QED) is 0.775. The molecular weight excluding hydrogens is 178 g/mol. The zero-order valence-corrected chi connectivity index (χ0v) is 8.66. The van der Waals surface area contributed by atoms with E-state index >= 15 is 0 Å². The summed E-state index contributed by atoms with van der Waals surface area (Å²) in [5, 5.41) is 11.9. The van der Waals surface area contributed by atoms with Gasteiger partial charge in [0.2, 0.25) is 0 Å². The Morgan fingerprint density at radius 1 is 1.43 bits per heavy atom. The molecule has 1 rings (SSSR count). The van der Waals surface area contributed by atoms with Gasteiger partial charge in [0.05, 0.1) is 5.56 Å². The molecular formula is C11H15NO2. The molecule has 0 unspecified atom stereocenters. The van der Waals surface area contributed by atoms with Crippen LogP contribution in [0.1, 0.15) is 35.7 Å². The molecule has 0 aliphatic carbocycles. The van der Waals surface area contributed by atoms with Gasteiger partial charge >= 0.3 is 5.97 Å². The lowest BCUT2D eigenvalue weighted by Gasteiger charge is -2.12. The fraction of sp³-hybridized carbons (Fsp3) is 0.364. The number of hydrogen-bond acceptors (Lipinski definition) is 2. The summed E-state index contributed by atoms with van der Waals surface area (Å²) in [5.41, 5.74) is 2.37. The second-order valence-corrected chi connectivity index (χ2v) is 3.51. The van der Waals surface area contributed by atoms with Crippen LogP contribution in [0.3, 0.4) is 0 Å². The van der Waals surface area contributed by atoms with Crippen molar-refractivity contribution in [3.63, 3.8) is 0 Å². The molecule has 1 aromatic carbocycles. The van der Waals surface area contributed by atoms with Crippen LogP contribution in [0, 0.1) is 0 Å². The topological polar surface area (TPSA) is 49.3 Å². The van der Waals surface area contributed by atoms with E-state index in [9.17, 15) is 4.79 Å². The molecule has 0 atom stereocenters. The normalized spacial score (nSPS) is 10.3. The van der Waals surface area contributed by atoms with Gasteiger partial charge in [-0.05, 0) is 29.7 Å². The monoisotopic (exact) mass is 193 g/mol. The van der Waals surface area contributed by atoms with Gasteiger partial charge in [-0.2, -0.15) is 0 Å². The summed E-state index contributed by atoms with van der Waals surface area (Å²) in [6.45, 7) is 4.09. The van der Waals surface area contributed by atoms with Crippen LogP contribution in [0.4, 0.5) is 5.69 Å². The number of carboxylic acid groups (broad SMARTS) is 1. The molecule has 3 nitrogen and oxygen atoms in total. The molecule has 2 N–H and O–H groups in total. The summed E-state index contributed by atoms with van der Waals surface area (Å²) < 4.78 is 0. The SMILES string of the molecule is CNc1ccc(C(=O)O)cc1C(C)C. The van der Waals surface area contributed by atoms with Gasteiger partial charge in [0, 0.05) is 12.7 Å². The van der Waals surface area contributed by atoms with Gasteiger partial charge in [-0.25, -0.2) is 4.79 Å². The van der Waals surface area contributed by atoms with Crippen molar-refractivity contribution < 1.29 is 9.90 Å². The second kappa shape index (κ2) is 4.13. The molecule has 0 heterocycles. The number of nitrogens with one attached hydrogen (secondary N) is 1. The summed E-state index contributed by atoms with van der Waals surface area (Å²) in [6, 6.07) is 5.14. The Kier molecular flexibility index (Phi) is 3.12. The molecule has 0 amide bonds. The number of carbonyl (C=O) groups is 1. The molecule has 0 spiro atoms. The van der Waals surface area contributed by atoms with Crippen molar-refractivity contribution in [3.8, 4) is 0 Å². The maximum atomic E-state index is 10.8. The summed E-state index contributed by atoms with van der Waals surface area (Å²) in [6.07, 6.45) is 0. The minimum absolute atomic E-state index is 0.316. The van der Waals surface area contributed by atoms with Gasteiger partial charge in [0.15, 0.2) is 0 Å². The predicted octanol–water partition coefficient (Wildman–Crippen LogP) is 2.55. The van der Waals surface area contributed by atoms with Crippen LogP contribution in [-0.2, 0) is 0 Å². The van der Waals surface area contributed by atoms with Gasteiger partial charge in [-0.3, -0.25) is 0 Å². The van der Waals surface area contributed by atoms with E-state index in [1.165, 1.54) is 0 Å². The number of benzene rings is 1. The van der Waals surface area contributed by atoms with E-state index in [0.717, 1.165) is 11.3 Å². The molecule has 0 saturated heterocycles. The first kappa shape index (κ1) is 10.6. The van der Waals surface area contributed by atoms with Crippen molar-refractivity contribution in [3.05, 3.63) is 29.3 Å². The maximum absolute atomic E-state index is 10.8. The molecule has 0 aliphatic heterocycles. The van der Waals surface area contributed by atoms with Crippen LogP contribution >= 0.6 is 0 Å². The van der Waals surface area contributed by atoms with E-state index in [4.69, 9.17) is 5.11 Å². The molecule has 1 aromatic rings. The highest BCUT2D eigenvalue weighted by atomic mass is 16.4. The number of aromatic carboxylic acids is 1. The Hall–Kier alpha value is -1.51. The highest BCUT2D eigenvalue weighted by molar-refractivity contribution is 5.88. The number of anilines is 1. The van der Waals surface area contributed by atoms with E-state index in [0.29, 0.717) is 11.5 Å². The first-order valence-electron chi connectivity index (χ1n) is 4.61. The molecule has 3 heteroatoms. The van der Waals surface area contributed by atoms with Crippen LogP contribution in [0.15, 0.2) is 18.2 Å². The number of rotatable bonds is 3. The first-order chi connectivity index (χ1) is 6.56. The van der Waals surface area contributed by atoms with E-state index in [2.05, 4.69) is 5.32 Å². The zero-order valence-electron chi connectivity index (χ0n) is 8.66. The van der Waals surface area contributed by atoms with Crippen molar-refractivity contribution in [2.45, 2.75) is 19.8 Å². The Labute approximate surface area is 83.8 Å². The number of hydrogen-bond donors (Lipinski definition) is 2. The van der Waals surface area contributed by atoms with Gasteiger partial charge in [-0.15, -0.1) is 0 Å². The highest BCUT2D eigenvalue weighted by Crippen LogP contribution is 2.24. The van der Waals surface area contributed by atoms with Gasteiger partial charge in [-0.1, -0.05) is 13.8 Å². The average molecular weight is 193 g/mol. The van der Waals surface area contributed by atoms with E-state index in [1.54, 1.807) is 18.2 Å². The van der Waals surface area contributed by atoms with Crippen molar-refractivity contribution >= 4 is 11.7 Å². The second-order valence-electron chi connectivity index (χ2n) is 3.51. The molecule has 0 bridgehead atoms. The van der Waals surface area contributed by atoms with Gasteiger partial charge in [0.1, 0.15) is 0 Å². The van der Waals surface area contributed by atoms with E-state index < -0.39 is 5.97 Å². The molecule has 0 radical (unpaired) electrons. The van der Waals surface area contributed by atoms with E-state index in [1.807, 2.05) is 20.9 Å². The molecule has 0 saturated carbocycles. The third-order valence-electron chi connectivity index (χ3n) is 2.19. The fourth-order valence-corrected chi connectivity index (χ4v) is 1.40. The summed E-state index contributed by atoms with van der Waals surface area (Å²) >= 11 is 0. The third kappa shape index (κ3) is 2.05. The molecule has 0 aliphatic rings. The molecule has 14 heavy (non-hydrogen) atoms. The third-order valence-corrected chi connectivity index (χ3v) is 2.19. The number of carboxylic acids is 1. The Balaban J connectivity index is 3.20. The van der Waals surface area contributed by atoms with Crippen molar-refractivity contribution in [2.75, 3.05) is 12.4 Å². The van der Waals surface area contributed by atoms with Gasteiger partial charge in [0.25, 0.3) is 0 Å². The first-order valence-corrected chi connectivity index (χ1v) is 4.61. The lowest BCUT2D eigenvalue weighted by Crippen LogP contribution is -2.02. The average Bonchev–Trinajstić information content (AvgIpc) is 2.16. The Morgan fingerprint density at radius 3 is 2.50 bits per heavy atom. The highest BCUT2D eigenvalue weighted by Gasteiger charge is 2.09. The molecule has 0 aromatic heterocycles. The smallest absolute Gasteiger partial charge is 0.335 e. The lowest BCUT2D eigenvalue weighted by atomic mass is 9.98. The van der Waals surface area contributed by atoms with E-state index in [-0.39, 0.29) is 0 Å². The summed E-state index contributed by atoms with van der Waals surface area (Å²) in [4.78, 5) is 10.8. The minimum Gasteiger partial charge on any atom is -0.478 e. The van der Waals surface area contributed by atoms with Crippen molar-refractivity contribution in [1.82, 2.24) is 0 Å². The van der Waals surface area contributed by atoms with Crippen LogP contribution in [0.5, 0.6) is 0 Å².